The highest BCUT2D eigenvalue weighted by Crippen LogP contribution is 2.35. The van der Waals surface area contributed by atoms with Gasteiger partial charge in [0.05, 0.1) is 0 Å². The Balaban J connectivity index is 0. The molecule has 18 heavy (non-hydrogen) atoms. The molecule has 0 aromatic heterocycles. The van der Waals surface area contributed by atoms with Crippen LogP contribution in [0.5, 0.6) is 0 Å². The Morgan fingerprint density at radius 2 is 1.33 bits per heavy atom. The van der Waals surface area contributed by atoms with Crippen molar-refractivity contribution in [1.29, 1.82) is 0 Å². The van der Waals surface area contributed by atoms with E-state index in [1.807, 2.05) is 27.7 Å². The first-order chi connectivity index (χ1) is 8.77. The van der Waals surface area contributed by atoms with E-state index in [1.165, 1.54) is 51.4 Å². The first-order valence-electron chi connectivity index (χ1n) is 8.77. The van der Waals surface area contributed by atoms with E-state index in [2.05, 4.69) is 20.8 Å². The maximum atomic E-state index is 2.43. The molecule has 0 aliphatic heterocycles. The van der Waals surface area contributed by atoms with Crippen LogP contribution < -0.4 is 0 Å². The Morgan fingerprint density at radius 3 is 1.78 bits per heavy atom. The maximum Gasteiger partial charge on any atom is -0.0383 e. The summed E-state index contributed by atoms with van der Waals surface area (Å²) in [6.07, 6.45) is 11.8. The van der Waals surface area contributed by atoms with Crippen molar-refractivity contribution in [3.63, 3.8) is 0 Å². The number of hydrogen-bond donors (Lipinski definition) is 0. The van der Waals surface area contributed by atoms with Crippen LogP contribution in [-0.4, -0.2) is 0 Å². The fraction of sp³-hybridized carbons (Fsp3) is 1.00. The summed E-state index contributed by atoms with van der Waals surface area (Å²) in [7, 11) is 0. The molecule has 112 valence electrons. The maximum absolute atomic E-state index is 2.43. The van der Waals surface area contributed by atoms with Crippen LogP contribution in [0.2, 0.25) is 0 Å². The molecule has 1 saturated carbocycles. The molecule has 0 amide bonds. The van der Waals surface area contributed by atoms with Crippen molar-refractivity contribution in [3.05, 3.63) is 0 Å². The number of hydrogen-bond acceptors (Lipinski definition) is 0. The van der Waals surface area contributed by atoms with Gasteiger partial charge in [-0.3, -0.25) is 0 Å². The van der Waals surface area contributed by atoms with E-state index in [0.717, 1.165) is 17.8 Å². The van der Waals surface area contributed by atoms with Crippen molar-refractivity contribution in [2.75, 3.05) is 0 Å². The lowest BCUT2D eigenvalue weighted by atomic mass is 9.80. The predicted octanol–water partition coefficient (Wildman–Crippen LogP) is 7.08. The van der Waals surface area contributed by atoms with Crippen LogP contribution in [-0.2, 0) is 0 Å². The van der Waals surface area contributed by atoms with Gasteiger partial charge in [-0.05, 0) is 24.2 Å². The summed E-state index contributed by atoms with van der Waals surface area (Å²) in [4.78, 5) is 0. The smallest absolute Gasteiger partial charge is 0.0383 e. The molecular formula is C18H40. The summed E-state index contributed by atoms with van der Waals surface area (Å²) in [5, 5.41) is 0. The summed E-state index contributed by atoms with van der Waals surface area (Å²) in [5.41, 5.74) is 0. The zero-order chi connectivity index (χ0) is 14.4. The third-order valence-corrected chi connectivity index (χ3v) is 4.24. The molecule has 3 atom stereocenters. The van der Waals surface area contributed by atoms with Crippen molar-refractivity contribution in [2.24, 2.45) is 17.8 Å². The first kappa shape index (κ1) is 20.3. The summed E-state index contributed by atoms with van der Waals surface area (Å²) in [6.45, 7) is 15.2. The Morgan fingerprint density at radius 1 is 0.833 bits per heavy atom. The van der Waals surface area contributed by atoms with Crippen LogP contribution in [0.4, 0.5) is 0 Å². The van der Waals surface area contributed by atoms with Crippen LogP contribution >= 0.6 is 0 Å². The van der Waals surface area contributed by atoms with Gasteiger partial charge in [0, 0.05) is 0 Å². The van der Waals surface area contributed by atoms with Gasteiger partial charge in [-0.15, -0.1) is 0 Å². The van der Waals surface area contributed by atoms with Gasteiger partial charge in [0.15, 0.2) is 0 Å². The molecule has 0 spiro atoms. The van der Waals surface area contributed by atoms with E-state index in [-0.39, 0.29) is 0 Å². The molecule has 3 unspecified atom stereocenters. The average molecular weight is 257 g/mol. The van der Waals surface area contributed by atoms with E-state index < -0.39 is 0 Å². The predicted molar refractivity (Wildman–Crippen MR) is 87.1 cm³/mol. The molecule has 0 heteroatoms. The van der Waals surface area contributed by atoms with Crippen molar-refractivity contribution in [1.82, 2.24) is 0 Å². The summed E-state index contributed by atoms with van der Waals surface area (Å²) < 4.78 is 0. The van der Waals surface area contributed by atoms with Crippen molar-refractivity contribution < 1.29 is 0 Å². The number of rotatable bonds is 4. The lowest BCUT2D eigenvalue weighted by Crippen LogP contribution is -2.15. The normalized spacial score (nSPS) is 24.8. The molecule has 0 aromatic carbocycles. The second-order valence-corrected chi connectivity index (χ2v) is 5.32. The molecule has 0 aromatic rings. The Labute approximate surface area is 118 Å². The molecule has 1 aliphatic rings. The van der Waals surface area contributed by atoms with Gasteiger partial charge in [-0.2, -0.15) is 0 Å². The third-order valence-electron chi connectivity index (χ3n) is 4.24. The minimum atomic E-state index is 0.951. The molecule has 0 N–H and O–H groups in total. The first-order valence-corrected chi connectivity index (χ1v) is 8.77. The van der Waals surface area contributed by atoms with Gasteiger partial charge in [-0.1, -0.05) is 93.4 Å². The van der Waals surface area contributed by atoms with E-state index in [4.69, 9.17) is 0 Å². The lowest BCUT2D eigenvalue weighted by molar-refractivity contribution is 0.249. The molecule has 0 nitrogen and oxygen atoms in total. The van der Waals surface area contributed by atoms with Gasteiger partial charge >= 0.3 is 0 Å². The van der Waals surface area contributed by atoms with Crippen LogP contribution in [0.1, 0.15) is 99.8 Å². The highest BCUT2D eigenvalue weighted by molar-refractivity contribution is 4.74. The van der Waals surface area contributed by atoms with Crippen LogP contribution in [0.25, 0.3) is 0 Å². The van der Waals surface area contributed by atoms with E-state index >= 15 is 0 Å². The van der Waals surface area contributed by atoms with Gasteiger partial charge in [-0.25, -0.2) is 0 Å². The van der Waals surface area contributed by atoms with Gasteiger partial charge in [0.2, 0.25) is 0 Å². The second kappa shape index (κ2) is 15.1. The van der Waals surface area contributed by atoms with Crippen molar-refractivity contribution in [2.45, 2.75) is 99.8 Å². The van der Waals surface area contributed by atoms with Crippen LogP contribution in [0.15, 0.2) is 0 Å². The molecule has 0 radical (unpaired) electrons. The summed E-state index contributed by atoms with van der Waals surface area (Å²) >= 11 is 0. The quantitative estimate of drug-likeness (QED) is 0.471. The molecular weight excluding hydrogens is 216 g/mol. The molecule has 0 bridgehead atoms. The van der Waals surface area contributed by atoms with E-state index in [9.17, 15) is 0 Å². The Hall–Kier alpha value is 0. The molecule has 0 saturated heterocycles. The van der Waals surface area contributed by atoms with Crippen LogP contribution in [0, 0.1) is 17.8 Å². The third kappa shape index (κ3) is 9.00. The SMILES string of the molecule is CC.CC.CCC(C)CC1CCCCCC1CC. The Kier molecular flexibility index (Phi) is 17.0. The molecule has 1 fully saturated rings. The van der Waals surface area contributed by atoms with E-state index in [0.29, 0.717) is 0 Å². The van der Waals surface area contributed by atoms with Gasteiger partial charge in [0.1, 0.15) is 0 Å². The molecule has 1 aliphatic carbocycles. The lowest BCUT2D eigenvalue weighted by Gasteiger charge is -2.26. The zero-order valence-electron chi connectivity index (χ0n) is 14.4. The Bertz CT molecular complexity index is 139. The standard InChI is InChI=1S/C14H28.2C2H6/c1-4-12(3)11-14-10-8-6-7-9-13(14)5-2;2*1-2/h12-14H,4-11H2,1-3H3;2*1-2H3. The highest BCUT2D eigenvalue weighted by Gasteiger charge is 2.23. The zero-order valence-corrected chi connectivity index (χ0v) is 14.4. The average Bonchev–Trinajstić information content (AvgIpc) is 2.68. The van der Waals surface area contributed by atoms with Gasteiger partial charge < -0.3 is 0 Å². The van der Waals surface area contributed by atoms with Crippen molar-refractivity contribution in [3.8, 4) is 0 Å². The van der Waals surface area contributed by atoms with Crippen LogP contribution in [0.3, 0.4) is 0 Å². The monoisotopic (exact) mass is 256 g/mol. The highest BCUT2D eigenvalue weighted by atomic mass is 14.3. The minimum Gasteiger partial charge on any atom is -0.0683 e. The minimum absolute atomic E-state index is 0.951. The summed E-state index contributed by atoms with van der Waals surface area (Å²) in [6, 6.07) is 0. The second-order valence-electron chi connectivity index (χ2n) is 5.32. The van der Waals surface area contributed by atoms with Gasteiger partial charge in [0.25, 0.3) is 0 Å². The van der Waals surface area contributed by atoms with E-state index in [1.54, 1.807) is 0 Å². The summed E-state index contributed by atoms with van der Waals surface area (Å²) in [5.74, 6) is 3.05. The fourth-order valence-electron chi connectivity index (χ4n) is 2.99. The van der Waals surface area contributed by atoms with Crippen molar-refractivity contribution >= 4 is 0 Å². The molecule has 1 rings (SSSR count). The molecule has 0 heterocycles. The fourth-order valence-corrected chi connectivity index (χ4v) is 2.99. The largest absolute Gasteiger partial charge is 0.0683 e. The topological polar surface area (TPSA) is 0 Å².